The quantitative estimate of drug-likeness (QED) is 0.0652. The van der Waals surface area contributed by atoms with Crippen LogP contribution in [0.1, 0.15) is 112 Å². The van der Waals surface area contributed by atoms with Crippen LogP contribution in [0.25, 0.3) is 10.6 Å². The summed E-state index contributed by atoms with van der Waals surface area (Å²) in [4.78, 5) is 8.88. The molecular formula is C44H58N4O2Zn. The van der Waals surface area contributed by atoms with E-state index in [1.807, 2.05) is 36.7 Å². The van der Waals surface area contributed by atoms with Crippen LogP contribution in [0, 0.1) is 0 Å². The van der Waals surface area contributed by atoms with Gasteiger partial charge in [0, 0.05) is 26.6 Å². The number of hydrogen-bond donors (Lipinski definition) is 0. The summed E-state index contributed by atoms with van der Waals surface area (Å²) in [5.74, 6) is 1.72. The van der Waals surface area contributed by atoms with Gasteiger partial charge in [0.25, 0.3) is 0 Å². The first kappa shape index (κ1) is 43.5. The molecule has 51 heavy (non-hydrogen) atoms. The molecule has 0 radical (unpaired) electrons. The van der Waals surface area contributed by atoms with Gasteiger partial charge in [0.2, 0.25) is 0 Å². The number of rotatable bonds is 16. The van der Waals surface area contributed by atoms with E-state index in [0.717, 1.165) is 33.9 Å². The van der Waals surface area contributed by atoms with Crippen molar-refractivity contribution in [1.82, 2.24) is 0 Å². The average Bonchev–Trinajstić information content (AvgIpc) is 3.10. The molecule has 0 aliphatic carbocycles. The SMILES string of the molecule is COCCN=Cc1ccccc1[N-]c1c(C(C)C)cccc1C(C)C.COCCN=Cc1ccccc1[N-]c1c(C(C)C)cccc1C(C)C.[Zn+2]. The molecule has 0 fully saturated rings. The van der Waals surface area contributed by atoms with Crippen molar-refractivity contribution < 1.29 is 29.0 Å². The number of ether oxygens (including phenoxy) is 2. The Hall–Kier alpha value is -3.64. The van der Waals surface area contributed by atoms with Crippen LogP contribution in [-0.2, 0) is 29.0 Å². The molecule has 0 bridgehead atoms. The third-order valence-electron chi connectivity index (χ3n) is 8.33. The Bertz CT molecular complexity index is 1490. The van der Waals surface area contributed by atoms with Crippen molar-refractivity contribution in [3.63, 3.8) is 0 Å². The second-order valence-electron chi connectivity index (χ2n) is 13.6. The van der Waals surface area contributed by atoms with E-state index in [2.05, 4.69) is 126 Å². The minimum atomic E-state index is 0. The fraction of sp³-hybridized carbons (Fsp3) is 0.409. The second-order valence-corrected chi connectivity index (χ2v) is 13.6. The molecule has 0 atom stereocenters. The first-order valence-electron chi connectivity index (χ1n) is 17.9. The second kappa shape index (κ2) is 23.0. The number of aliphatic imine (C=N–C) groups is 2. The zero-order chi connectivity index (χ0) is 36.5. The standard InChI is InChI=1S/2C22H29N2O.Zn/c2*1-16(2)19-10-8-11-20(17(3)4)22(19)24-21-12-7-6-9-18(21)15-23-13-14-25-5;/h2*6-12,15-17H,13-14H2,1-5H3;/q2*-1;+2. The maximum atomic E-state index is 5.06. The average molecular weight is 740 g/mol. The van der Waals surface area contributed by atoms with E-state index in [-0.39, 0.29) is 19.5 Å². The number of nitrogens with zero attached hydrogens (tertiary/aromatic N) is 4. The van der Waals surface area contributed by atoms with Crippen LogP contribution in [0.4, 0.5) is 22.7 Å². The predicted octanol–water partition coefficient (Wildman–Crippen LogP) is 12.7. The molecule has 0 spiro atoms. The summed E-state index contributed by atoms with van der Waals surface area (Å²) in [5.41, 5.74) is 11.3. The minimum absolute atomic E-state index is 0. The predicted molar refractivity (Wildman–Crippen MR) is 216 cm³/mol. The smallest absolute Gasteiger partial charge is 0.657 e. The molecule has 6 nitrogen and oxygen atoms in total. The Balaban J connectivity index is 0.000000347. The normalized spacial score (nSPS) is 11.4. The molecule has 4 aromatic carbocycles. The van der Waals surface area contributed by atoms with E-state index >= 15 is 0 Å². The van der Waals surface area contributed by atoms with Gasteiger partial charge in [0.1, 0.15) is 0 Å². The van der Waals surface area contributed by atoms with Gasteiger partial charge < -0.3 is 20.1 Å². The summed E-state index contributed by atoms with van der Waals surface area (Å²) >= 11 is 0. The van der Waals surface area contributed by atoms with Gasteiger partial charge >= 0.3 is 19.5 Å². The summed E-state index contributed by atoms with van der Waals surface area (Å²) in [6.07, 6.45) is 3.79. The zero-order valence-corrected chi connectivity index (χ0v) is 35.7. The van der Waals surface area contributed by atoms with Gasteiger partial charge in [0.15, 0.2) is 0 Å². The summed E-state index contributed by atoms with van der Waals surface area (Å²) in [6, 6.07) is 29.3. The van der Waals surface area contributed by atoms with E-state index in [1.165, 1.54) is 22.3 Å². The van der Waals surface area contributed by atoms with Crippen LogP contribution >= 0.6 is 0 Å². The molecule has 0 aliphatic heterocycles. The Morgan fingerprint density at radius 1 is 0.490 bits per heavy atom. The van der Waals surface area contributed by atoms with Crippen molar-refractivity contribution in [2.24, 2.45) is 9.98 Å². The van der Waals surface area contributed by atoms with Gasteiger partial charge in [-0.3, -0.25) is 9.98 Å². The molecule has 0 saturated carbocycles. The largest absolute Gasteiger partial charge is 2.00 e. The van der Waals surface area contributed by atoms with E-state index < -0.39 is 0 Å². The van der Waals surface area contributed by atoms with E-state index in [9.17, 15) is 0 Å². The van der Waals surface area contributed by atoms with Crippen LogP contribution in [0.15, 0.2) is 94.9 Å². The van der Waals surface area contributed by atoms with Crippen molar-refractivity contribution in [2.75, 3.05) is 40.5 Å². The van der Waals surface area contributed by atoms with Gasteiger partial charge in [-0.15, -0.1) is 22.7 Å². The molecular weight excluding hydrogens is 682 g/mol. The number of hydrogen-bond acceptors (Lipinski definition) is 4. The fourth-order valence-corrected chi connectivity index (χ4v) is 5.53. The van der Waals surface area contributed by atoms with Crippen molar-refractivity contribution in [3.8, 4) is 0 Å². The molecule has 4 aromatic rings. The van der Waals surface area contributed by atoms with Crippen molar-refractivity contribution in [3.05, 3.63) is 129 Å². The molecule has 268 valence electrons. The van der Waals surface area contributed by atoms with Crippen molar-refractivity contribution in [2.45, 2.75) is 79.1 Å². The van der Waals surface area contributed by atoms with E-state index in [0.29, 0.717) is 50.0 Å². The molecule has 0 aromatic heterocycles. The molecule has 7 heteroatoms. The van der Waals surface area contributed by atoms with Crippen LogP contribution < -0.4 is 0 Å². The Kier molecular flexibility index (Phi) is 19.7. The summed E-state index contributed by atoms with van der Waals surface area (Å²) in [7, 11) is 3.38. The maximum Gasteiger partial charge on any atom is 2.00 e. The summed E-state index contributed by atoms with van der Waals surface area (Å²) in [6.45, 7) is 20.3. The first-order valence-corrected chi connectivity index (χ1v) is 17.9. The van der Waals surface area contributed by atoms with Crippen molar-refractivity contribution in [1.29, 1.82) is 0 Å². The molecule has 0 heterocycles. The van der Waals surface area contributed by atoms with E-state index in [1.54, 1.807) is 14.2 Å². The van der Waals surface area contributed by atoms with Crippen LogP contribution in [0.2, 0.25) is 0 Å². The Morgan fingerprint density at radius 3 is 1.10 bits per heavy atom. The van der Waals surface area contributed by atoms with Crippen LogP contribution in [-0.4, -0.2) is 53.0 Å². The summed E-state index contributed by atoms with van der Waals surface area (Å²) in [5, 5.41) is 10.1. The van der Waals surface area contributed by atoms with Gasteiger partial charge in [-0.1, -0.05) is 163 Å². The Morgan fingerprint density at radius 2 is 0.804 bits per heavy atom. The molecule has 0 aliphatic rings. The van der Waals surface area contributed by atoms with Gasteiger partial charge in [-0.2, -0.15) is 0 Å². The van der Waals surface area contributed by atoms with E-state index in [4.69, 9.17) is 20.1 Å². The number of para-hydroxylation sites is 4. The third-order valence-corrected chi connectivity index (χ3v) is 8.33. The maximum absolute atomic E-state index is 5.06. The molecule has 0 amide bonds. The monoisotopic (exact) mass is 738 g/mol. The molecule has 0 saturated heterocycles. The molecule has 0 unspecified atom stereocenters. The van der Waals surface area contributed by atoms with Crippen LogP contribution in [0.5, 0.6) is 0 Å². The first-order chi connectivity index (χ1) is 24.1. The van der Waals surface area contributed by atoms with Crippen LogP contribution in [0.3, 0.4) is 0 Å². The molecule has 4 rings (SSSR count). The van der Waals surface area contributed by atoms with Gasteiger partial charge in [-0.25, -0.2) is 0 Å². The fourth-order valence-electron chi connectivity index (χ4n) is 5.53. The number of benzene rings is 4. The van der Waals surface area contributed by atoms with Crippen molar-refractivity contribution >= 4 is 35.2 Å². The third kappa shape index (κ3) is 13.5. The summed E-state index contributed by atoms with van der Waals surface area (Å²) < 4.78 is 10.1. The minimum Gasteiger partial charge on any atom is -0.657 e. The number of methoxy groups -OCH3 is 2. The van der Waals surface area contributed by atoms with Gasteiger partial charge in [0.05, 0.1) is 26.3 Å². The Labute approximate surface area is 321 Å². The zero-order valence-electron chi connectivity index (χ0n) is 32.7. The topological polar surface area (TPSA) is 71.4 Å². The molecule has 0 N–H and O–H groups in total. The van der Waals surface area contributed by atoms with Gasteiger partial charge in [-0.05, 0) is 34.8 Å².